The predicted molar refractivity (Wildman–Crippen MR) is 74.3 cm³/mol. The predicted octanol–water partition coefficient (Wildman–Crippen LogP) is 4.25. The average molecular weight is 256 g/mol. The van der Waals surface area contributed by atoms with Crippen molar-refractivity contribution >= 4 is 16.6 Å². The fraction of sp³-hybridized carbons (Fsp3) is 0.667. The van der Waals surface area contributed by atoms with Crippen LogP contribution in [-0.4, -0.2) is 16.6 Å². The van der Waals surface area contributed by atoms with Gasteiger partial charge in [-0.3, -0.25) is 0 Å². The van der Waals surface area contributed by atoms with E-state index in [1.807, 2.05) is 0 Å². The highest BCUT2D eigenvalue weighted by atomic mass is 28.4. The third kappa shape index (κ3) is 5.56. The molecule has 0 heterocycles. The van der Waals surface area contributed by atoms with Crippen molar-refractivity contribution in [2.45, 2.75) is 52.1 Å². The molecule has 0 spiro atoms. The monoisotopic (exact) mass is 256 g/mol. The van der Waals surface area contributed by atoms with Gasteiger partial charge in [-0.15, -0.1) is 0 Å². The summed E-state index contributed by atoms with van der Waals surface area (Å²) in [7, 11) is -2.89. The molecule has 0 fully saturated rings. The maximum absolute atomic E-state index is 5.97. The molecule has 0 unspecified atom stereocenters. The third-order valence-electron chi connectivity index (χ3n) is 1.95. The van der Waals surface area contributed by atoms with Gasteiger partial charge in [0.25, 0.3) is 0 Å². The molecule has 0 aromatic rings. The van der Waals surface area contributed by atoms with Gasteiger partial charge in [0, 0.05) is 12.8 Å². The highest BCUT2D eigenvalue weighted by Crippen LogP contribution is 2.25. The van der Waals surface area contributed by atoms with E-state index in [1.165, 1.54) is 0 Å². The Kier molecular flexibility index (Phi) is 4.07. The van der Waals surface area contributed by atoms with Crippen LogP contribution >= 0.6 is 0 Å². The van der Waals surface area contributed by atoms with Crippen LogP contribution in [0.2, 0.25) is 39.3 Å². The summed E-state index contributed by atoms with van der Waals surface area (Å²) in [6.07, 6.45) is 6.13. The molecule has 0 amide bonds. The summed E-state index contributed by atoms with van der Waals surface area (Å²) in [5.74, 6) is 2.25. The smallest absolute Gasteiger partial charge is 0.241 e. The molecule has 0 aromatic carbocycles. The molecule has 0 saturated heterocycles. The van der Waals surface area contributed by atoms with Gasteiger partial charge in [0.2, 0.25) is 16.6 Å². The van der Waals surface area contributed by atoms with Gasteiger partial charge in [0.1, 0.15) is 0 Å². The van der Waals surface area contributed by atoms with Crippen molar-refractivity contribution in [3.8, 4) is 0 Å². The van der Waals surface area contributed by atoms with Gasteiger partial charge in [0.15, 0.2) is 0 Å². The summed E-state index contributed by atoms with van der Waals surface area (Å²) in [5, 5.41) is 0. The van der Waals surface area contributed by atoms with Gasteiger partial charge in [0.05, 0.1) is 11.5 Å². The van der Waals surface area contributed by atoms with Crippen LogP contribution in [0.25, 0.3) is 0 Å². The Morgan fingerprint density at radius 2 is 1.06 bits per heavy atom. The molecule has 0 N–H and O–H groups in total. The van der Waals surface area contributed by atoms with E-state index in [4.69, 9.17) is 8.85 Å². The SMILES string of the molecule is C[Si](C)(C)OC1=CC=C(O[Si](C)(C)C)CC1. The molecule has 4 heteroatoms. The highest BCUT2D eigenvalue weighted by molar-refractivity contribution is 6.70. The molecule has 92 valence electrons. The third-order valence-corrected chi connectivity index (χ3v) is 3.70. The van der Waals surface area contributed by atoms with Crippen molar-refractivity contribution in [1.29, 1.82) is 0 Å². The number of allylic oxidation sites excluding steroid dienone is 4. The fourth-order valence-electron chi connectivity index (χ4n) is 1.56. The molecular weight excluding hydrogens is 232 g/mol. The molecule has 1 aliphatic carbocycles. The molecule has 0 bridgehead atoms. The molecule has 0 saturated carbocycles. The lowest BCUT2D eigenvalue weighted by Gasteiger charge is -2.27. The van der Waals surface area contributed by atoms with Crippen molar-refractivity contribution < 1.29 is 8.85 Å². The average Bonchev–Trinajstić information content (AvgIpc) is 2.03. The zero-order valence-corrected chi connectivity index (χ0v) is 13.4. The molecular formula is C12H24O2Si2. The standard InChI is InChI=1S/C12H24O2Si2/c1-15(2,3)13-11-7-9-12(10-8-11)14-16(4,5)6/h7,9H,8,10H2,1-6H3. The quantitative estimate of drug-likeness (QED) is 0.700. The van der Waals surface area contributed by atoms with Gasteiger partial charge < -0.3 is 8.85 Å². The number of hydrogen-bond donors (Lipinski definition) is 0. The summed E-state index contributed by atoms with van der Waals surface area (Å²) in [5.41, 5.74) is 0. The van der Waals surface area contributed by atoms with Crippen LogP contribution in [0.15, 0.2) is 23.7 Å². The Morgan fingerprint density at radius 3 is 1.25 bits per heavy atom. The van der Waals surface area contributed by atoms with Crippen LogP contribution in [-0.2, 0) is 8.85 Å². The van der Waals surface area contributed by atoms with Crippen molar-refractivity contribution in [3.05, 3.63) is 23.7 Å². The fourth-order valence-corrected chi connectivity index (χ4v) is 3.47. The van der Waals surface area contributed by atoms with Gasteiger partial charge in [-0.2, -0.15) is 0 Å². The second-order valence-electron chi connectivity index (χ2n) is 6.19. The molecule has 0 radical (unpaired) electrons. The van der Waals surface area contributed by atoms with E-state index < -0.39 is 16.6 Å². The van der Waals surface area contributed by atoms with Crippen LogP contribution < -0.4 is 0 Å². The van der Waals surface area contributed by atoms with Crippen molar-refractivity contribution in [2.75, 3.05) is 0 Å². The Morgan fingerprint density at radius 1 is 0.750 bits per heavy atom. The first-order valence-electron chi connectivity index (χ1n) is 5.93. The van der Waals surface area contributed by atoms with Crippen LogP contribution in [0.5, 0.6) is 0 Å². The minimum Gasteiger partial charge on any atom is -0.547 e. The molecule has 2 nitrogen and oxygen atoms in total. The van der Waals surface area contributed by atoms with Crippen LogP contribution in [0.3, 0.4) is 0 Å². The van der Waals surface area contributed by atoms with Crippen LogP contribution in [0.1, 0.15) is 12.8 Å². The second-order valence-corrected chi connectivity index (χ2v) is 15.1. The topological polar surface area (TPSA) is 18.5 Å². The zero-order valence-electron chi connectivity index (χ0n) is 11.4. The maximum Gasteiger partial charge on any atom is 0.241 e. The lowest BCUT2D eigenvalue weighted by Crippen LogP contribution is -2.27. The van der Waals surface area contributed by atoms with Crippen molar-refractivity contribution in [2.24, 2.45) is 0 Å². The maximum atomic E-state index is 5.97. The molecule has 16 heavy (non-hydrogen) atoms. The van der Waals surface area contributed by atoms with E-state index in [1.54, 1.807) is 0 Å². The van der Waals surface area contributed by atoms with Gasteiger partial charge in [-0.1, -0.05) is 0 Å². The minimum atomic E-state index is -1.44. The van der Waals surface area contributed by atoms with Crippen LogP contribution in [0.4, 0.5) is 0 Å². The van der Waals surface area contributed by atoms with E-state index in [2.05, 4.69) is 51.4 Å². The molecule has 1 aliphatic rings. The van der Waals surface area contributed by atoms with Crippen LogP contribution in [0, 0.1) is 0 Å². The van der Waals surface area contributed by atoms with E-state index >= 15 is 0 Å². The molecule has 0 aliphatic heterocycles. The number of hydrogen-bond acceptors (Lipinski definition) is 2. The minimum absolute atomic E-state index is 0.987. The first-order chi connectivity index (χ1) is 7.16. The van der Waals surface area contributed by atoms with Gasteiger partial charge in [-0.05, 0) is 51.4 Å². The summed E-state index contributed by atoms with van der Waals surface area (Å²) >= 11 is 0. The Labute approximate surface area is 102 Å². The van der Waals surface area contributed by atoms with E-state index in [0.29, 0.717) is 0 Å². The zero-order chi connectivity index (χ0) is 12.4. The molecule has 0 atom stereocenters. The highest BCUT2D eigenvalue weighted by Gasteiger charge is 2.21. The largest absolute Gasteiger partial charge is 0.547 e. The first-order valence-corrected chi connectivity index (χ1v) is 12.8. The summed E-state index contributed by atoms with van der Waals surface area (Å²) in [6, 6.07) is 0. The Hall–Kier alpha value is -0.486. The Bertz CT molecular complexity index is 274. The Balaban J connectivity index is 2.58. The van der Waals surface area contributed by atoms with E-state index in [9.17, 15) is 0 Å². The lowest BCUT2D eigenvalue weighted by molar-refractivity contribution is 0.356. The van der Waals surface area contributed by atoms with Crippen molar-refractivity contribution in [1.82, 2.24) is 0 Å². The van der Waals surface area contributed by atoms with Gasteiger partial charge >= 0.3 is 0 Å². The van der Waals surface area contributed by atoms with E-state index in [0.717, 1.165) is 24.4 Å². The number of rotatable bonds is 4. The van der Waals surface area contributed by atoms with Crippen molar-refractivity contribution in [3.63, 3.8) is 0 Å². The summed E-state index contributed by atoms with van der Waals surface area (Å²) < 4.78 is 11.9. The normalized spacial score (nSPS) is 17.6. The molecule has 1 rings (SSSR count). The summed E-state index contributed by atoms with van der Waals surface area (Å²) in [6.45, 7) is 13.3. The van der Waals surface area contributed by atoms with Gasteiger partial charge in [-0.25, -0.2) is 0 Å². The first kappa shape index (κ1) is 13.6. The van der Waals surface area contributed by atoms with E-state index in [-0.39, 0.29) is 0 Å². The lowest BCUT2D eigenvalue weighted by atomic mass is 10.1. The second kappa shape index (κ2) is 4.79. The molecule has 0 aromatic heterocycles. The summed E-state index contributed by atoms with van der Waals surface area (Å²) in [4.78, 5) is 0.